The van der Waals surface area contributed by atoms with Crippen LogP contribution in [0.25, 0.3) is 0 Å². The van der Waals surface area contributed by atoms with Gasteiger partial charge in [-0.15, -0.1) is 0 Å². The minimum Gasteiger partial charge on any atom is -0.381 e. The van der Waals surface area contributed by atoms with E-state index in [0.29, 0.717) is 11.8 Å². The van der Waals surface area contributed by atoms with Crippen molar-refractivity contribution in [2.45, 2.75) is 57.4 Å². The second-order valence-corrected chi connectivity index (χ2v) is 7.54. The van der Waals surface area contributed by atoms with Gasteiger partial charge < -0.3 is 15.8 Å². The monoisotopic (exact) mass is 330 g/mol. The van der Waals surface area contributed by atoms with Crippen LogP contribution >= 0.6 is 0 Å². The third kappa shape index (κ3) is 4.37. The molecular formula is C20H30N2O2. The number of benzene rings is 1. The van der Waals surface area contributed by atoms with Crippen LogP contribution in [0.3, 0.4) is 0 Å². The number of nitrogens with one attached hydrogen (secondary N) is 1. The largest absolute Gasteiger partial charge is 0.381 e. The topological polar surface area (TPSA) is 64.4 Å². The summed E-state index contributed by atoms with van der Waals surface area (Å²) in [6.45, 7) is 3.97. The molecule has 1 aromatic carbocycles. The quantitative estimate of drug-likeness (QED) is 0.885. The second kappa shape index (κ2) is 8.13. The number of rotatable bonds is 4. The fourth-order valence-electron chi connectivity index (χ4n) is 3.95. The van der Waals surface area contributed by atoms with Crippen LogP contribution in [0.15, 0.2) is 24.3 Å². The third-order valence-electron chi connectivity index (χ3n) is 5.74. The molecule has 0 spiro atoms. The highest BCUT2D eigenvalue weighted by molar-refractivity contribution is 5.94. The Balaban J connectivity index is 1.54. The Morgan fingerprint density at radius 2 is 1.71 bits per heavy atom. The second-order valence-electron chi connectivity index (χ2n) is 7.54. The minimum absolute atomic E-state index is 0.0478. The molecule has 3 N–H and O–H groups in total. The van der Waals surface area contributed by atoms with Crippen molar-refractivity contribution in [3.8, 4) is 0 Å². The predicted octanol–water partition coefficient (Wildman–Crippen LogP) is 3.67. The standard InChI is InChI=1S/C20H30N2O2/c1-14-2-4-17(5-3-14)19(21)20(23)22-18-8-6-15(7-9-18)16-10-12-24-13-11-16/h6-9,14,16-17,19H,2-5,10-13,21H2,1H3,(H,22,23)/t14?,17?,19-/m0/s1. The molecule has 1 heterocycles. The van der Waals surface area contributed by atoms with E-state index in [1.807, 2.05) is 12.1 Å². The normalized spacial score (nSPS) is 26.8. The summed E-state index contributed by atoms with van der Waals surface area (Å²) in [4.78, 5) is 12.4. The first-order valence-corrected chi connectivity index (χ1v) is 9.37. The molecule has 4 heteroatoms. The van der Waals surface area contributed by atoms with Crippen LogP contribution in [-0.2, 0) is 9.53 Å². The van der Waals surface area contributed by atoms with E-state index in [-0.39, 0.29) is 5.91 Å². The average molecular weight is 330 g/mol. The fraction of sp³-hybridized carbons (Fsp3) is 0.650. The molecule has 1 amide bonds. The molecule has 1 saturated heterocycles. The summed E-state index contributed by atoms with van der Waals surface area (Å²) >= 11 is 0. The van der Waals surface area contributed by atoms with Gasteiger partial charge in [0.15, 0.2) is 0 Å². The number of amides is 1. The Labute approximate surface area is 145 Å². The predicted molar refractivity (Wildman–Crippen MR) is 97.0 cm³/mol. The van der Waals surface area contributed by atoms with Crippen molar-refractivity contribution in [1.82, 2.24) is 0 Å². The van der Waals surface area contributed by atoms with Crippen molar-refractivity contribution in [1.29, 1.82) is 0 Å². The van der Waals surface area contributed by atoms with E-state index in [9.17, 15) is 4.79 Å². The molecule has 2 aliphatic rings. The van der Waals surface area contributed by atoms with Gasteiger partial charge in [0.2, 0.25) is 5.91 Å². The number of carbonyl (C=O) groups excluding carboxylic acids is 1. The van der Waals surface area contributed by atoms with Crippen LogP contribution in [-0.4, -0.2) is 25.2 Å². The van der Waals surface area contributed by atoms with Gasteiger partial charge in [-0.25, -0.2) is 0 Å². The van der Waals surface area contributed by atoms with Crippen LogP contribution in [0.5, 0.6) is 0 Å². The van der Waals surface area contributed by atoms with Crippen molar-refractivity contribution in [3.05, 3.63) is 29.8 Å². The molecular weight excluding hydrogens is 300 g/mol. The molecule has 2 fully saturated rings. The number of hydrogen-bond donors (Lipinski definition) is 2. The summed E-state index contributed by atoms with van der Waals surface area (Å²) in [6.07, 6.45) is 6.67. The van der Waals surface area contributed by atoms with Crippen molar-refractivity contribution < 1.29 is 9.53 Å². The number of anilines is 1. The molecule has 1 atom stereocenters. The Morgan fingerprint density at radius 1 is 1.08 bits per heavy atom. The molecule has 0 bridgehead atoms. The maximum Gasteiger partial charge on any atom is 0.241 e. The van der Waals surface area contributed by atoms with Gasteiger partial charge in [0.05, 0.1) is 6.04 Å². The van der Waals surface area contributed by atoms with Gasteiger partial charge in [0.25, 0.3) is 0 Å². The Hall–Kier alpha value is -1.39. The average Bonchev–Trinajstić information content (AvgIpc) is 2.63. The van der Waals surface area contributed by atoms with Crippen LogP contribution in [0.1, 0.15) is 56.9 Å². The smallest absolute Gasteiger partial charge is 0.241 e. The lowest BCUT2D eigenvalue weighted by Gasteiger charge is -2.29. The molecule has 24 heavy (non-hydrogen) atoms. The zero-order valence-corrected chi connectivity index (χ0v) is 14.7. The summed E-state index contributed by atoms with van der Waals surface area (Å²) in [5, 5.41) is 2.99. The molecule has 1 aromatic rings. The number of carbonyl (C=O) groups is 1. The van der Waals surface area contributed by atoms with Crippen LogP contribution in [0.4, 0.5) is 5.69 Å². The van der Waals surface area contributed by atoms with E-state index in [0.717, 1.165) is 50.5 Å². The first-order chi connectivity index (χ1) is 11.6. The summed E-state index contributed by atoms with van der Waals surface area (Å²) in [5.41, 5.74) is 8.38. The number of hydrogen-bond acceptors (Lipinski definition) is 3. The van der Waals surface area contributed by atoms with E-state index in [1.165, 1.54) is 18.4 Å². The van der Waals surface area contributed by atoms with E-state index in [4.69, 9.17) is 10.5 Å². The van der Waals surface area contributed by atoms with Crippen molar-refractivity contribution >= 4 is 11.6 Å². The lowest BCUT2D eigenvalue weighted by molar-refractivity contribution is -0.118. The Morgan fingerprint density at radius 3 is 2.33 bits per heavy atom. The number of ether oxygens (including phenoxy) is 1. The molecule has 1 aliphatic carbocycles. The summed E-state index contributed by atoms with van der Waals surface area (Å²) in [7, 11) is 0. The lowest BCUT2D eigenvalue weighted by atomic mass is 9.79. The molecule has 1 aliphatic heterocycles. The van der Waals surface area contributed by atoms with Crippen LogP contribution < -0.4 is 11.1 Å². The van der Waals surface area contributed by atoms with E-state index in [2.05, 4.69) is 24.4 Å². The molecule has 0 radical (unpaired) electrons. The van der Waals surface area contributed by atoms with Gasteiger partial charge in [-0.1, -0.05) is 31.9 Å². The molecule has 4 nitrogen and oxygen atoms in total. The van der Waals surface area contributed by atoms with E-state index < -0.39 is 6.04 Å². The van der Waals surface area contributed by atoms with Gasteiger partial charge in [0, 0.05) is 18.9 Å². The number of nitrogens with two attached hydrogens (primary N) is 1. The Kier molecular flexibility index (Phi) is 5.90. The molecule has 132 valence electrons. The summed E-state index contributed by atoms with van der Waals surface area (Å²) in [6, 6.07) is 7.85. The zero-order chi connectivity index (χ0) is 16.9. The van der Waals surface area contributed by atoms with Gasteiger partial charge >= 0.3 is 0 Å². The fourth-order valence-corrected chi connectivity index (χ4v) is 3.95. The first kappa shape index (κ1) is 17.4. The molecule has 0 unspecified atom stereocenters. The van der Waals surface area contributed by atoms with Crippen molar-refractivity contribution in [2.75, 3.05) is 18.5 Å². The Bertz CT molecular complexity index is 529. The van der Waals surface area contributed by atoms with Gasteiger partial charge in [-0.05, 0) is 61.1 Å². The highest BCUT2D eigenvalue weighted by atomic mass is 16.5. The highest BCUT2D eigenvalue weighted by Crippen LogP contribution is 2.31. The van der Waals surface area contributed by atoms with Gasteiger partial charge in [-0.3, -0.25) is 4.79 Å². The minimum atomic E-state index is -0.396. The van der Waals surface area contributed by atoms with Gasteiger partial charge in [-0.2, -0.15) is 0 Å². The molecule has 3 rings (SSSR count). The zero-order valence-electron chi connectivity index (χ0n) is 14.7. The van der Waals surface area contributed by atoms with E-state index in [1.54, 1.807) is 0 Å². The van der Waals surface area contributed by atoms with Crippen molar-refractivity contribution in [2.24, 2.45) is 17.6 Å². The van der Waals surface area contributed by atoms with Crippen LogP contribution in [0.2, 0.25) is 0 Å². The first-order valence-electron chi connectivity index (χ1n) is 9.37. The molecule has 0 aromatic heterocycles. The van der Waals surface area contributed by atoms with Crippen LogP contribution in [0, 0.1) is 11.8 Å². The maximum atomic E-state index is 12.4. The van der Waals surface area contributed by atoms with Gasteiger partial charge in [0.1, 0.15) is 0 Å². The van der Waals surface area contributed by atoms with E-state index >= 15 is 0 Å². The molecule has 1 saturated carbocycles. The third-order valence-corrected chi connectivity index (χ3v) is 5.74. The lowest BCUT2D eigenvalue weighted by Crippen LogP contribution is -2.43. The maximum absolute atomic E-state index is 12.4. The summed E-state index contributed by atoms with van der Waals surface area (Å²) in [5.74, 6) is 1.63. The highest BCUT2D eigenvalue weighted by Gasteiger charge is 2.28. The SMILES string of the molecule is CC1CCC([C@H](N)C(=O)Nc2ccc(C3CCOCC3)cc2)CC1. The van der Waals surface area contributed by atoms with Crippen molar-refractivity contribution in [3.63, 3.8) is 0 Å². The summed E-state index contributed by atoms with van der Waals surface area (Å²) < 4.78 is 5.42.